The van der Waals surface area contributed by atoms with Crippen LogP contribution < -0.4 is 11.1 Å². The molecule has 0 unspecified atom stereocenters. The third-order valence-corrected chi connectivity index (χ3v) is 4.55. The number of hydroxylamine groups is 2. The first kappa shape index (κ1) is 18.4. The lowest BCUT2D eigenvalue weighted by Gasteiger charge is -2.28. The molecule has 13 nitrogen and oxygen atoms in total. The summed E-state index contributed by atoms with van der Waals surface area (Å²) in [5.74, 6) is -0.169. The highest BCUT2D eigenvalue weighted by atomic mass is 32.3. The Morgan fingerprint density at radius 1 is 1.58 bits per heavy atom. The fraction of sp³-hybridized carbons (Fsp3) is 0.583. The van der Waals surface area contributed by atoms with Crippen molar-refractivity contribution in [2.24, 2.45) is 5.73 Å². The minimum atomic E-state index is -4.80. The fourth-order valence-corrected chi connectivity index (χ4v) is 3.45. The van der Waals surface area contributed by atoms with Crippen molar-refractivity contribution < 1.29 is 31.7 Å². The van der Waals surface area contributed by atoms with Crippen LogP contribution in [0.1, 0.15) is 36.4 Å². The molecule has 6 N–H and O–H groups in total. The molecule has 3 heterocycles. The quantitative estimate of drug-likeness (QED) is 0.225. The van der Waals surface area contributed by atoms with Crippen molar-refractivity contribution in [1.29, 1.82) is 5.41 Å². The van der Waals surface area contributed by atoms with Crippen LogP contribution in [0.2, 0.25) is 0 Å². The van der Waals surface area contributed by atoms with Gasteiger partial charge in [0.2, 0.25) is 0 Å². The molecule has 2 saturated heterocycles. The largest absolute Gasteiger partial charge is 0.418 e. The summed E-state index contributed by atoms with van der Waals surface area (Å²) in [5, 5.41) is 24.0. The topological polar surface area (TPSA) is 195 Å². The van der Waals surface area contributed by atoms with E-state index in [4.69, 9.17) is 20.2 Å². The van der Waals surface area contributed by atoms with Crippen molar-refractivity contribution in [3.63, 3.8) is 0 Å². The molecule has 2 aliphatic rings. The molecule has 1 aromatic heterocycles. The Kier molecular flexibility index (Phi) is 4.74. The summed E-state index contributed by atoms with van der Waals surface area (Å²) < 4.78 is 40.0. The number of piperidine rings is 1. The number of nitrogens with two attached hydrogens (primary N) is 1. The molecule has 0 aromatic carbocycles. The summed E-state index contributed by atoms with van der Waals surface area (Å²) in [4.78, 5) is 13.7. The van der Waals surface area contributed by atoms with E-state index in [1.807, 2.05) is 0 Å². The molecular formula is C12H18N6O7S. The average molecular weight is 390 g/mol. The van der Waals surface area contributed by atoms with Gasteiger partial charge < -0.3 is 25.6 Å². The first-order valence-electron chi connectivity index (χ1n) is 7.65. The Bertz CT molecular complexity index is 811. The highest BCUT2D eigenvalue weighted by Crippen LogP contribution is 2.38. The zero-order chi connectivity index (χ0) is 19.1. The maximum Gasteiger partial charge on any atom is 0.418 e. The second kappa shape index (κ2) is 6.71. The molecule has 0 radical (unpaired) electrons. The van der Waals surface area contributed by atoms with Crippen molar-refractivity contribution in [3.05, 3.63) is 17.5 Å². The van der Waals surface area contributed by atoms with Crippen LogP contribution in [-0.2, 0) is 14.7 Å². The van der Waals surface area contributed by atoms with E-state index in [1.54, 1.807) is 0 Å². The van der Waals surface area contributed by atoms with Gasteiger partial charge in [0.25, 0.3) is 0 Å². The van der Waals surface area contributed by atoms with Gasteiger partial charge in [0.05, 0.1) is 18.6 Å². The summed E-state index contributed by atoms with van der Waals surface area (Å²) in [6, 6.07) is -0.216. The van der Waals surface area contributed by atoms with E-state index in [0.717, 1.165) is 0 Å². The molecule has 0 aliphatic carbocycles. The summed E-state index contributed by atoms with van der Waals surface area (Å²) in [7, 11) is -4.80. The van der Waals surface area contributed by atoms with Gasteiger partial charge in [0.1, 0.15) is 11.8 Å². The molecule has 0 saturated carbocycles. The van der Waals surface area contributed by atoms with Gasteiger partial charge in [-0.15, -0.1) is 4.28 Å². The fourth-order valence-electron chi connectivity index (χ4n) is 3.06. The van der Waals surface area contributed by atoms with Crippen LogP contribution in [-0.4, -0.2) is 64.3 Å². The number of carbonyl (C=O) groups excluding carboxylic acids is 1. The number of aliphatic hydroxyl groups is 1. The first-order valence-corrected chi connectivity index (χ1v) is 9.01. The Morgan fingerprint density at radius 3 is 2.96 bits per heavy atom. The predicted molar refractivity (Wildman–Crippen MR) is 83.7 cm³/mol. The van der Waals surface area contributed by atoms with Crippen molar-refractivity contribution in [2.45, 2.75) is 31.0 Å². The Hall–Kier alpha value is -2.42. The van der Waals surface area contributed by atoms with E-state index < -0.39 is 34.6 Å². The maximum atomic E-state index is 12.4. The lowest BCUT2D eigenvalue weighted by molar-refractivity contribution is -0.0317. The number of hydrogen-bond donors (Lipinski definition) is 5. The number of nitrogens with one attached hydrogen (secondary N) is 2. The third-order valence-electron chi connectivity index (χ3n) is 4.20. The number of hydrogen-bond acceptors (Lipinski definition) is 8. The number of carbonyl (C=O) groups is 1. The lowest BCUT2D eigenvalue weighted by Crippen LogP contribution is -2.35. The number of aromatic nitrogens is 1. The number of aliphatic hydroxyl groups excluding tert-OH is 1. The number of fused-ring (bicyclic) bond motifs is 2. The van der Waals surface area contributed by atoms with E-state index >= 15 is 0 Å². The van der Waals surface area contributed by atoms with Crippen molar-refractivity contribution in [1.82, 2.24) is 20.4 Å². The van der Waals surface area contributed by atoms with E-state index in [-0.39, 0.29) is 24.8 Å². The minimum absolute atomic E-state index is 0.0463. The molecule has 3 rings (SSSR count). The van der Waals surface area contributed by atoms with Gasteiger partial charge in [-0.2, -0.15) is 13.5 Å². The van der Waals surface area contributed by atoms with E-state index in [0.29, 0.717) is 23.6 Å². The predicted octanol–water partition coefficient (Wildman–Crippen LogP) is -1.13. The van der Waals surface area contributed by atoms with Crippen LogP contribution in [0.4, 0.5) is 4.79 Å². The molecule has 2 fully saturated rings. The summed E-state index contributed by atoms with van der Waals surface area (Å²) in [6.45, 7) is 0.158. The second-order valence-corrected chi connectivity index (χ2v) is 6.98. The zero-order valence-electron chi connectivity index (χ0n) is 13.4. The van der Waals surface area contributed by atoms with Crippen molar-refractivity contribution in [2.75, 3.05) is 13.1 Å². The van der Waals surface area contributed by atoms with Gasteiger partial charge in [0.15, 0.2) is 11.7 Å². The monoisotopic (exact) mass is 390 g/mol. The van der Waals surface area contributed by atoms with Gasteiger partial charge in [-0.3, -0.25) is 9.96 Å². The summed E-state index contributed by atoms with van der Waals surface area (Å²) >= 11 is 0. The molecule has 2 bridgehead atoms. The van der Waals surface area contributed by atoms with Crippen LogP contribution in [0.5, 0.6) is 0 Å². The molecule has 1 aromatic rings. The lowest BCUT2D eigenvalue weighted by atomic mass is 9.98. The SMILES string of the molecule is N=C(N)NC[C@@H](O)c1cc([C@@H]2CC[C@H]3CN2C(=O)N3OS(=O)(=O)O)no1. The van der Waals surface area contributed by atoms with Crippen LogP contribution in [0.15, 0.2) is 10.6 Å². The van der Waals surface area contributed by atoms with Crippen LogP contribution in [0.25, 0.3) is 0 Å². The van der Waals surface area contributed by atoms with E-state index in [9.17, 15) is 18.3 Å². The maximum absolute atomic E-state index is 12.4. The van der Waals surface area contributed by atoms with Gasteiger partial charge in [-0.05, 0) is 12.8 Å². The van der Waals surface area contributed by atoms with E-state index in [1.165, 1.54) is 11.0 Å². The number of rotatable bonds is 6. The van der Waals surface area contributed by atoms with Crippen LogP contribution >= 0.6 is 0 Å². The number of guanidine groups is 1. The Balaban J connectivity index is 1.72. The molecule has 2 aliphatic heterocycles. The van der Waals surface area contributed by atoms with Crippen molar-refractivity contribution in [3.8, 4) is 0 Å². The molecule has 0 spiro atoms. The van der Waals surface area contributed by atoms with E-state index in [2.05, 4.69) is 14.8 Å². The normalized spacial score (nSPS) is 24.0. The molecule has 3 atom stereocenters. The first-order chi connectivity index (χ1) is 12.2. The average Bonchev–Trinajstić information content (AvgIpc) is 3.12. The molecular weight excluding hydrogens is 372 g/mol. The number of urea groups is 1. The van der Waals surface area contributed by atoms with Crippen LogP contribution in [0, 0.1) is 5.41 Å². The Labute approximate surface area is 148 Å². The summed E-state index contributed by atoms with van der Waals surface area (Å²) in [5.41, 5.74) is 5.54. The zero-order valence-corrected chi connectivity index (χ0v) is 14.2. The molecule has 2 amide bonds. The second-order valence-electron chi connectivity index (χ2n) is 5.97. The highest BCUT2D eigenvalue weighted by Gasteiger charge is 2.48. The van der Waals surface area contributed by atoms with Gasteiger partial charge in [0, 0.05) is 12.6 Å². The molecule has 144 valence electrons. The van der Waals surface area contributed by atoms with Gasteiger partial charge >= 0.3 is 16.4 Å². The Morgan fingerprint density at radius 2 is 2.31 bits per heavy atom. The standard InChI is InChI=1S/C12H18N6O7S/c13-11(14)15-4-9(19)10-3-7(16-24-10)8-2-1-6-5-17(8)12(20)18(6)25-26(21,22)23/h3,6,8-9,19H,1-2,4-5H2,(H4,13,14,15)(H,21,22,23)/t6-,8-,9+/m0/s1. The number of nitrogens with zero attached hydrogens (tertiary/aromatic N) is 3. The molecule has 14 heteroatoms. The minimum Gasteiger partial charge on any atom is -0.383 e. The summed E-state index contributed by atoms with van der Waals surface area (Å²) in [6.07, 6.45) is -0.195. The number of amides is 2. The van der Waals surface area contributed by atoms with Gasteiger partial charge in [-0.25, -0.2) is 4.79 Å². The highest BCUT2D eigenvalue weighted by molar-refractivity contribution is 7.80. The van der Waals surface area contributed by atoms with Gasteiger partial charge in [-0.1, -0.05) is 5.16 Å². The van der Waals surface area contributed by atoms with Crippen molar-refractivity contribution >= 4 is 22.4 Å². The smallest absolute Gasteiger partial charge is 0.383 e. The molecule has 26 heavy (non-hydrogen) atoms. The third kappa shape index (κ3) is 3.72. The van der Waals surface area contributed by atoms with Crippen LogP contribution in [0.3, 0.4) is 0 Å².